The molecule has 0 bridgehead atoms. The highest BCUT2D eigenvalue weighted by atomic mass is 35.5. The molecule has 0 amide bonds. The monoisotopic (exact) mass is 314 g/mol. The molecule has 0 aliphatic carbocycles. The molecule has 0 fully saturated rings. The van der Waals surface area contributed by atoms with E-state index in [4.69, 9.17) is 11.6 Å². The lowest BCUT2D eigenvalue weighted by molar-refractivity contribution is 0.106. The Hall–Kier alpha value is -1.66. The van der Waals surface area contributed by atoms with Gasteiger partial charge in [-0.25, -0.2) is 8.42 Å². The van der Waals surface area contributed by atoms with Crippen molar-refractivity contribution in [2.45, 2.75) is 13.8 Å². The van der Waals surface area contributed by atoms with Gasteiger partial charge in [-0.05, 0) is 38.1 Å². The molecule has 0 radical (unpaired) electrons. The lowest BCUT2D eigenvalue weighted by Gasteiger charge is -2.03. The van der Waals surface area contributed by atoms with Crippen LogP contribution in [0.3, 0.4) is 0 Å². The van der Waals surface area contributed by atoms with Crippen LogP contribution in [0.5, 0.6) is 0 Å². The molecular formula is C13H15ClN2O3S. The number of ketones is 1. The Morgan fingerprint density at radius 3 is 2.30 bits per heavy atom. The third-order valence-corrected chi connectivity index (χ3v) is 3.26. The number of allylic oxidation sites excluding steroid dienone is 1. The van der Waals surface area contributed by atoms with Gasteiger partial charge in [-0.15, -0.1) is 0 Å². The van der Waals surface area contributed by atoms with E-state index in [0.717, 1.165) is 11.7 Å². The number of halogens is 1. The first-order valence-electron chi connectivity index (χ1n) is 5.68. The number of hydrogen-bond acceptors (Lipinski definition) is 5. The molecule has 1 aromatic carbocycles. The number of nitrogens with zero attached hydrogens (tertiary/aromatic N) is 1. The summed E-state index contributed by atoms with van der Waals surface area (Å²) in [4.78, 5) is 12.0. The third-order valence-electron chi connectivity index (χ3n) is 2.23. The Morgan fingerprint density at radius 2 is 1.80 bits per heavy atom. The zero-order valence-corrected chi connectivity index (χ0v) is 12.9. The van der Waals surface area contributed by atoms with Crippen molar-refractivity contribution in [3.05, 3.63) is 46.0 Å². The molecule has 20 heavy (non-hydrogen) atoms. The molecule has 0 aliphatic rings. The summed E-state index contributed by atoms with van der Waals surface area (Å²) in [5.74, 6) is -0.263. The first-order chi connectivity index (χ1) is 9.19. The Morgan fingerprint density at radius 1 is 1.25 bits per heavy atom. The van der Waals surface area contributed by atoms with Crippen molar-refractivity contribution in [2.75, 3.05) is 6.26 Å². The lowest BCUT2D eigenvalue weighted by atomic mass is 10.1. The first kappa shape index (κ1) is 16.4. The van der Waals surface area contributed by atoms with Gasteiger partial charge < -0.3 is 0 Å². The quantitative estimate of drug-likeness (QED) is 0.514. The highest BCUT2D eigenvalue weighted by Crippen LogP contribution is 2.10. The Kier molecular flexibility index (Phi) is 5.47. The number of carbonyl (C=O) groups is 1. The fraction of sp³-hybridized carbons (Fsp3) is 0.231. The maximum absolute atomic E-state index is 12.0. The second kappa shape index (κ2) is 6.67. The van der Waals surface area contributed by atoms with E-state index in [-0.39, 0.29) is 11.5 Å². The molecule has 0 spiro atoms. The molecule has 1 rings (SSSR count). The maximum Gasteiger partial charge on any atom is 0.208 e. The predicted molar refractivity (Wildman–Crippen MR) is 80.6 cm³/mol. The average molecular weight is 315 g/mol. The van der Waals surface area contributed by atoms with Gasteiger partial charge in [0.25, 0.3) is 0 Å². The minimum absolute atomic E-state index is 0.216. The van der Waals surface area contributed by atoms with Crippen LogP contribution < -0.4 is 5.43 Å². The number of hydrazone groups is 1. The van der Waals surface area contributed by atoms with E-state index in [1.807, 2.05) is 0 Å². The summed E-state index contributed by atoms with van der Waals surface area (Å²) >= 11 is 5.74. The highest BCUT2D eigenvalue weighted by molar-refractivity contribution is 7.93. The third kappa shape index (κ3) is 5.54. The van der Waals surface area contributed by atoms with Crippen molar-refractivity contribution in [1.82, 2.24) is 5.43 Å². The summed E-state index contributed by atoms with van der Waals surface area (Å²) in [7, 11) is -3.24. The Balaban J connectivity index is 2.82. The van der Waals surface area contributed by atoms with Crippen LogP contribution in [-0.2, 0) is 9.84 Å². The second-order valence-corrected chi connectivity index (χ2v) is 6.61. The molecule has 0 unspecified atom stereocenters. The molecule has 1 N–H and O–H groups in total. The fourth-order valence-corrected chi connectivity index (χ4v) is 2.20. The van der Waals surface area contributed by atoms with Crippen LogP contribution in [0.2, 0.25) is 5.02 Å². The van der Waals surface area contributed by atoms with Gasteiger partial charge in [0, 0.05) is 22.5 Å². The van der Waals surface area contributed by atoms with Crippen LogP contribution in [-0.4, -0.2) is 26.2 Å². The van der Waals surface area contributed by atoms with E-state index in [2.05, 4.69) is 10.5 Å². The van der Waals surface area contributed by atoms with Crippen LogP contribution in [0.25, 0.3) is 0 Å². The van der Waals surface area contributed by atoms with Crippen molar-refractivity contribution in [1.29, 1.82) is 0 Å². The van der Waals surface area contributed by atoms with E-state index in [0.29, 0.717) is 16.3 Å². The van der Waals surface area contributed by atoms with Crippen molar-refractivity contribution < 1.29 is 13.2 Å². The van der Waals surface area contributed by atoms with Gasteiger partial charge in [0.2, 0.25) is 5.78 Å². The normalized spacial score (nSPS) is 13.2. The van der Waals surface area contributed by atoms with Gasteiger partial charge in [-0.3, -0.25) is 10.2 Å². The van der Waals surface area contributed by atoms with Crippen LogP contribution in [0.4, 0.5) is 0 Å². The van der Waals surface area contributed by atoms with Crippen molar-refractivity contribution >= 4 is 32.9 Å². The fourth-order valence-electron chi connectivity index (χ4n) is 1.38. The SMILES string of the molecule is CC(=CS(C)(=O)=O)NN=C(C)C(=O)c1ccc(Cl)cc1. The van der Waals surface area contributed by atoms with Gasteiger partial charge >= 0.3 is 0 Å². The largest absolute Gasteiger partial charge is 0.287 e. The van der Waals surface area contributed by atoms with E-state index in [1.165, 1.54) is 6.92 Å². The minimum atomic E-state index is -3.24. The summed E-state index contributed by atoms with van der Waals surface area (Å²) in [6.07, 6.45) is 1.08. The van der Waals surface area contributed by atoms with Gasteiger partial charge in [0.05, 0.1) is 5.41 Å². The zero-order valence-electron chi connectivity index (χ0n) is 11.3. The molecule has 5 nitrogen and oxygen atoms in total. The van der Waals surface area contributed by atoms with E-state index in [1.54, 1.807) is 31.2 Å². The molecule has 1 aromatic rings. The highest BCUT2D eigenvalue weighted by Gasteiger charge is 2.09. The van der Waals surface area contributed by atoms with Crippen molar-refractivity contribution in [3.63, 3.8) is 0 Å². The van der Waals surface area contributed by atoms with Crippen LogP contribution in [0, 0.1) is 0 Å². The van der Waals surface area contributed by atoms with E-state index < -0.39 is 9.84 Å². The molecule has 0 atom stereocenters. The van der Waals surface area contributed by atoms with Gasteiger partial charge in [-0.2, -0.15) is 5.10 Å². The second-order valence-electron chi connectivity index (χ2n) is 4.28. The van der Waals surface area contributed by atoms with Crippen molar-refractivity contribution in [2.24, 2.45) is 5.10 Å². The molecule has 0 saturated heterocycles. The van der Waals surface area contributed by atoms with Gasteiger partial charge in [0.1, 0.15) is 5.71 Å². The summed E-state index contributed by atoms with van der Waals surface area (Å²) in [5, 5.41) is 5.44. The molecule has 7 heteroatoms. The summed E-state index contributed by atoms with van der Waals surface area (Å²) < 4.78 is 22.1. The van der Waals surface area contributed by atoms with Gasteiger partial charge in [0.15, 0.2) is 9.84 Å². The van der Waals surface area contributed by atoms with Crippen molar-refractivity contribution in [3.8, 4) is 0 Å². The molecule has 0 aliphatic heterocycles. The zero-order chi connectivity index (χ0) is 15.3. The summed E-state index contributed by atoms with van der Waals surface area (Å²) in [5.41, 5.74) is 3.53. The smallest absolute Gasteiger partial charge is 0.208 e. The Bertz CT molecular complexity index is 661. The standard InChI is InChI=1S/C13H15ClN2O3S/c1-9(8-20(3,18)19)15-16-10(2)13(17)11-4-6-12(14)7-5-11/h4-8,15H,1-3H3. The van der Waals surface area contributed by atoms with Crippen LogP contribution in [0.1, 0.15) is 24.2 Å². The molecule has 108 valence electrons. The minimum Gasteiger partial charge on any atom is -0.287 e. The van der Waals surface area contributed by atoms with E-state index in [9.17, 15) is 13.2 Å². The van der Waals surface area contributed by atoms with Crippen LogP contribution in [0.15, 0.2) is 40.5 Å². The summed E-state index contributed by atoms with van der Waals surface area (Å²) in [6.45, 7) is 3.09. The van der Waals surface area contributed by atoms with E-state index >= 15 is 0 Å². The lowest BCUT2D eigenvalue weighted by Crippen LogP contribution is -2.15. The maximum atomic E-state index is 12.0. The first-order valence-corrected chi connectivity index (χ1v) is 8.01. The summed E-state index contributed by atoms with van der Waals surface area (Å²) in [6, 6.07) is 6.43. The average Bonchev–Trinajstić information content (AvgIpc) is 2.34. The van der Waals surface area contributed by atoms with Crippen LogP contribution >= 0.6 is 11.6 Å². The molecule has 0 aromatic heterocycles. The number of carbonyl (C=O) groups excluding carboxylic acids is 1. The molecule has 0 heterocycles. The number of Topliss-reactive ketones (excluding diaryl/α,β-unsaturated/α-hetero) is 1. The number of rotatable bonds is 5. The Labute approximate surface area is 123 Å². The molecule has 0 saturated carbocycles. The number of sulfone groups is 1. The number of benzene rings is 1. The predicted octanol–water partition coefficient (Wildman–Crippen LogP) is 2.39. The van der Waals surface area contributed by atoms with Gasteiger partial charge in [-0.1, -0.05) is 11.6 Å². The topological polar surface area (TPSA) is 75.6 Å². The molecular weight excluding hydrogens is 300 g/mol. The number of hydrogen-bond donors (Lipinski definition) is 1. The number of nitrogens with one attached hydrogen (secondary N) is 1.